The monoisotopic (exact) mass is 290 g/mol. The minimum absolute atomic E-state index is 0.0930. The summed E-state index contributed by atoms with van der Waals surface area (Å²) in [7, 11) is 0. The molecular weight excluding hydrogens is 272 g/mol. The molecule has 0 aliphatic carbocycles. The first-order valence-electron chi connectivity index (χ1n) is 6.79. The third-order valence-corrected chi connectivity index (χ3v) is 2.84. The number of rotatable bonds is 6. The van der Waals surface area contributed by atoms with Gasteiger partial charge >= 0.3 is 5.97 Å². The molecule has 2 aromatic rings. The molecule has 0 atom stereocenters. The number of carbonyl (C=O) groups excluding carboxylic acids is 1. The molecule has 0 saturated heterocycles. The van der Waals surface area contributed by atoms with Crippen LogP contribution in [0.3, 0.4) is 0 Å². The minimum Gasteiger partial charge on any atom is -0.462 e. The molecule has 1 heterocycles. The zero-order valence-electron chi connectivity index (χ0n) is 12.1. The fourth-order valence-corrected chi connectivity index (χ4v) is 1.89. The summed E-state index contributed by atoms with van der Waals surface area (Å²) in [4.78, 5) is 27.7. The van der Waals surface area contributed by atoms with E-state index in [9.17, 15) is 9.59 Å². The van der Waals surface area contributed by atoms with Crippen molar-refractivity contribution in [3.05, 3.63) is 40.8 Å². The van der Waals surface area contributed by atoms with E-state index < -0.39 is 5.97 Å². The number of para-hydroxylation sites is 2. The van der Waals surface area contributed by atoms with Crippen molar-refractivity contribution in [2.24, 2.45) is 0 Å². The Hall–Kier alpha value is -2.21. The molecule has 0 saturated carbocycles. The van der Waals surface area contributed by atoms with E-state index in [0.717, 1.165) is 0 Å². The molecule has 0 aliphatic rings. The predicted octanol–water partition coefficient (Wildman–Crippen LogP) is 1.36. The van der Waals surface area contributed by atoms with Gasteiger partial charge in [0.2, 0.25) is 0 Å². The van der Waals surface area contributed by atoms with Gasteiger partial charge in [0, 0.05) is 0 Å². The third-order valence-electron chi connectivity index (χ3n) is 2.84. The Morgan fingerprint density at radius 2 is 2.05 bits per heavy atom. The van der Waals surface area contributed by atoms with Gasteiger partial charge in [-0.2, -0.15) is 0 Å². The highest BCUT2D eigenvalue weighted by Crippen LogP contribution is 2.08. The SMILES string of the molecule is CC(C)OCCOC(=O)Cn1c(=O)cnc2ccccc21. The third kappa shape index (κ3) is 4.13. The number of fused-ring (bicyclic) bond motifs is 1. The lowest BCUT2D eigenvalue weighted by molar-refractivity contribution is -0.146. The van der Waals surface area contributed by atoms with Crippen molar-refractivity contribution in [1.82, 2.24) is 9.55 Å². The van der Waals surface area contributed by atoms with Crippen LogP contribution in [0.5, 0.6) is 0 Å². The maximum atomic E-state index is 11.9. The quantitative estimate of drug-likeness (QED) is 0.593. The van der Waals surface area contributed by atoms with Gasteiger partial charge in [0.1, 0.15) is 13.2 Å². The zero-order valence-corrected chi connectivity index (χ0v) is 12.1. The van der Waals surface area contributed by atoms with Crippen LogP contribution >= 0.6 is 0 Å². The van der Waals surface area contributed by atoms with Crippen LogP contribution in [0.25, 0.3) is 11.0 Å². The number of carbonyl (C=O) groups is 1. The molecule has 0 bridgehead atoms. The lowest BCUT2D eigenvalue weighted by atomic mass is 10.3. The summed E-state index contributed by atoms with van der Waals surface area (Å²) in [5, 5.41) is 0. The van der Waals surface area contributed by atoms with E-state index in [4.69, 9.17) is 9.47 Å². The second-order valence-corrected chi connectivity index (χ2v) is 4.81. The van der Waals surface area contributed by atoms with Gasteiger partial charge in [0.25, 0.3) is 5.56 Å². The van der Waals surface area contributed by atoms with E-state index in [1.165, 1.54) is 10.8 Å². The normalized spacial score (nSPS) is 11.0. The highest BCUT2D eigenvalue weighted by molar-refractivity contribution is 5.77. The highest BCUT2D eigenvalue weighted by Gasteiger charge is 2.09. The number of hydrogen-bond acceptors (Lipinski definition) is 5. The second-order valence-electron chi connectivity index (χ2n) is 4.81. The molecule has 21 heavy (non-hydrogen) atoms. The minimum atomic E-state index is -0.471. The summed E-state index contributed by atoms with van der Waals surface area (Å²) in [6.07, 6.45) is 1.30. The number of ether oxygens (including phenoxy) is 2. The van der Waals surface area contributed by atoms with Crippen LogP contribution in [0.1, 0.15) is 13.8 Å². The van der Waals surface area contributed by atoms with Gasteiger partial charge in [-0.15, -0.1) is 0 Å². The zero-order chi connectivity index (χ0) is 15.2. The molecule has 0 unspecified atom stereocenters. The first kappa shape index (κ1) is 15.2. The lowest BCUT2D eigenvalue weighted by Gasteiger charge is -2.10. The number of benzene rings is 1. The first-order chi connectivity index (χ1) is 10.1. The lowest BCUT2D eigenvalue weighted by Crippen LogP contribution is -2.26. The second kappa shape index (κ2) is 6.99. The summed E-state index contributed by atoms with van der Waals surface area (Å²) in [5.41, 5.74) is 0.942. The van der Waals surface area contributed by atoms with E-state index in [1.807, 2.05) is 19.9 Å². The van der Waals surface area contributed by atoms with Gasteiger partial charge in [-0.25, -0.2) is 4.98 Å². The first-order valence-corrected chi connectivity index (χ1v) is 6.79. The van der Waals surface area contributed by atoms with Gasteiger partial charge in [-0.05, 0) is 26.0 Å². The molecule has 112 valence electrons. The number of esters is 1. The van der Waals surface area contributed by atoms with Crippen molar-refractivity contribution in [1.29, 1.82) is 0 Å². The van der Waals surface area contributed by atoms with Crippen LogP contribution in [-0.4, -0.2) is 34.8 Å². The van der Waals surface area contributed by atoms with Crippen molar-refractivity contribution < 1.29 is 14.3 Å². The average Bonchev–Trinajstić information content (AvgIpc) is 2.46. The van der Waals surface area contributed by atoms with Crippen molar-refractivity contribution >= 4 is 17.0 Å². The van der Waals surface area contributed by atoms with Crippen molar-refractivity contribution in [2.45, 2.75) is 26.5 Å². The molecule has 6 nitrogen and oxygen atoms in total. The Morgan fingerprint density at radius 1 is 1.29 bits per heavy atom. The molecule has 0 spiro atoms. The predicted molar refractivity (Wildman–Crippen MR) is 78.1 cm³/mol. The molecule has 0 N–H and O–H groups in total. The topological polar surface area (TPSA) is 70.4 Å². The molecule has 0 amide bonds. The Balaban J connectivity index is 2.04. The number of aromatic nitrogens is 2. The fourth-order valence-electron chi connectivity index (χ4n) is 1.89. The van der Waals surface area contributed by atoms with E-state index in [1.54, 1.807) is 18.2 Å². The van der Waals surface area contributed by atoms with E-state index in [-0.39, 0.29) is 24.8 Å². The highest BCUT2D eigenvalue weighted by atomic mass is 16.6. The van der Waals surface area contributed by atoms with Gasteiger partial charge in [0.15, 0.2) is 0 Å². The Labute approximate surface area is 122 Å². The van der Waals surface area contributed by atoms with Gasteiger partial charge in [-0.1, -0.05) is 12.1 Å². The van der Waals surface area contributed by atoms with Crippen LogP contribution in [0, 0.1) is 0 Å². The maximum absolute atomic E-state index is 11.9. The average molecular weight is 290 g/mol. The van der Waals surface area contributed by atoms with Crippen molar-refractivity contribution in [3.8, 4) is 0 Å². The van der Waals surface area contributed by atoms with E-state index >= 15 is 0 Å². The van der Waals surface area contributed by atoms with E-state index in [0.29, 0.717) is 17.6 Å². The summed E-state index contributed by atoms with van der Waals surface area (Å²) in [5.74, 6) is -0.471. The molecule has 1 aromatic carbocycles. The van der Waals surface area contributed by atoms with Gasteiger partial charge < -0.3 is 9.47 Å². The Kier molecular flexibility index (Phi) is 5.05. The fraction of sp³-hybridized carbons (Fsp3) is 0.400. The van der Waals surface area contributed by atoms with Crippen molar-refractivity contribution in [3.63, 3.8) is 0 Å². The Morgan fingerprint density at radius 3 is 2.81 bits per heavy atom. The summed E-state index contributed by atoms with van der Waals surface area (Å²) in [6.45, 7) is 4.20. The molecular formula is C15H18N2O4. The van der Waals surface area contributed by atoms with Crippen LogP contribution in [-0.2, 0) is 20.8 Å². The molecule has 0 aliphatic heterocycles. The molecule has 2 rings (SSSR count). The van der Waals surface area contributed by atoms with Crippen LogP contribution in [0.2, 0.25) is 0 Å². The smallest absolute Gasteiger partial charge is 0.326 e. The largest absolute Gasteiger partial charge is 0.462 e. The molecule has 0 radical (unpaired) electrons. The molecule has 0 fully saturated rings. The summed E-state index contributed by atoms with van der Waals surface area (Å²) in [6, 6.07) is 7.15. The number of hydrogen-bond donors (Lipinski definition) is 0. The van der Waals surface area contributed by atoms with Gasteiger partial charge in [-0.3, -0.25) is 14.2 Å². The maximum Gasteiger partial charge on any atom is 0.326 e. The molecule has 6 heteroatoms. The van der Waals surface area contributed by atoms with E-state index in [2.05, 4.69) is 4.98 Å². The standard InChI is InChI=1S/C15H18N2O4/c1-11(2)20-7-8-21-15(19)10-17-13-6-4-3-5-12(13)16-9-14(17)18/h3-6,9,11H,7-8,10H2,1-2H3. The molecule has 1 aromatic heterocycles. The van der Waals surface area contributed by atoms with Crippen LogP contribution in [0.15, 0.2) is 35.3 Å². The van der Waals surface area contributed by atoms with Crippen LogP contribution < -0.4 is 5.56 Å². The number of nitrogens with zero attached hydrogens (tertiary/aromatic N) is 2. The van der Waals surface area contributed by atoms with Crippen LogP contribution in [0.4, 0.5) is 0 Å². The summed E-state index contributed by atoms with van der Waals surface area (Å²) >= 11 is 0. The summed E-state index contributed by atoms with van der Waals surface area (Å²) < 4.78 is 11.7. The van der Waals surface area contributed by atoms with Gasteiger partial charge in [0.05, 0.1) is 29.9 Å². The Bertz CT molecular complexity index is 679. The van der Waals surface area contributed by atoms with Crippen molar-refractivity contribution in [2.75, 3.05) is 13.2 Å².